The lowest BCUT2D eigenvalue weighted by molar-refractivity contribution is 0.254. The molecule has 0 aliphatic rings. The van der Waals surface area contributed by atoms with Crippen molar-refractivity contribution in [3.8, 4) is 0 Å². The lowest BCUT2D eigenvalue weighted by Gasteiger charge is -2.22. The van der Waals surface area contributed by atoms with Crippen molar-refractivity contribution in [2.45, 2.75) is 168 Å². The molecule has 0 heterocycles. The van der Waals surface area contributed by atoms with Gasteiger partial charge in [-0.3, -0.25) is 0 Å². The van der Waals surface area contributed by atoms with Gasteiger partial charge in [-0.15, -0.1) is 0 Å². The standard InChI is InChI=1S/C29H61N/c1-4-7-10-13-15-17-19-22-25-28-30(27-24-21-12-9-6-3)29-26-23-20-18-16-14-11-8-5-2/h4-29H2,1-3H3. The van der Waals surface area contributed by atoms with Crippen molar-refractivity contribution in [1.82, 2.24) is 4.90 Å². The second-order valence-corrected chi connectivity index (χ2v) is 9.91. The minimum Gasteiger partial charge on any atom is -0.303 e. The summed E-state index contributed by atoms with van der Waals surface area (Å²) in [5, 5.41) is 0. The summed E-state index contributed by atoms with van der Waals surface area (Å²) in [7, 11) is 0. The molecule has 0 bridgehead atoms. The first-order valence-electron chi connectivity index (χ1n) is 14.6. The molecule has 0 radical (unpaired) electrons. The van der Waals surface area contributed by atoms with Gasteiger partial charge in [0.1, 0.15) is 0 Å². The summed E-state index contributed by atoms with van der Waals surface area (Å²) in [6.07, 6.45) is 33.2. The molecule has 1 nitrogen and oxygen atoms in total. The van der Waals surface area contributed by atoms with Gasteiger partial charge in [-0.2, -0.15) is 0 Å². The number of hydrogen-bond acceptors (Lipinski definition) is 1. The molecule has 30 heavy (non-hydrogen) atoms. The minimum absolute atomic E-state index is 1.36. The molecule has 0 aromatic rings. The minimum atomic E-state index is 1.36. The highest BCUT2D eigenvalue weighted by Gasteiger charge is 2.05. The highest BCUT2D eigenvalue weighted by molar-refractivity contribution is 4.60. The van der Waals surface area contributed by atoms with E-state index in [-0.39, 0.29) is 0 Å². The average molecular weight is 424 g/mol. The molecule has 0 amide bonds. The normalized spacial score (nSPS) is 11.6. The number of hydrogen-bond donors (Lipinski definition) is 0. The average Bonchev–Trinajstić information content (AvgIpc) is 2.76. The lowest BCUT2D eigenvalue weighted by atomic mass is 10.1. The third-order valence-electron chi connectivity index (χ3n) is 6.73. The summed E-state index contributed by atoms with van der Waals surface area (Å²) in [5.41, 5.74) is 0. The molecule has 0 aromatic heterocycles. The fourth-order valence-corrected chi connectivity index (χ4v) is 4.57. The van der Waals surface area contributed by atoms with Gasteiger partial charge in [0.2, 0.25) is 0 Å². The summed E-state index contributed by atoms with van der Waals surface area (Å²) >= 11 is 0. The van der Waals surface area contributed by atoms with Crippen molar-refractivity contribution in [1.29, 1.82) is 0 Å². The van der Waals surface area contributed by atoms with Crippen molar-refractivity contribution in [3.05, 3.63) is 0 Å². The van der Waals surface area contributed by atoms with Gasteiger partial charge in [-0.25, -0.2) is 0 Å². The van der Waals surface area contributed by atoms with Gasteiger partial charge < -0.3 is 4.90 Å². The van der Waals surface area contributed by atoms with E-state index in [0.29, 0.717) is 0 Å². The van der Waals surface area contributed by atoms with Gasteiger partial charge in [-0.1, -0.05) is 149 Å². The summed E-state index contributed by atoms with van der Waals surface area (Å²) in [6, 6.07) is 0. The van der Waals surface area contributed by atoms with Crippen LogP contribution in [0.25, 0.3) is 0 Å². The van der Waals surface area contributed by atoms with Crippen molar-refractivity contribution < 1.29 is 0 Å². The molecule has 0 spiro atoms. The van der Waals surface area contributed by atoms with Crippen LogP contribution in [0.1, 0.15) is 168 Å². The SMILES string of the molecule is CCCCCCCCCCCN(CCCCCCC)CCCCCCCCCCC. The Morgan fingerprint density at radius 2 is 0.467 bits per heavy atom. The summed E-state index contributed by atoms with van der Waals surface area (Å²) in [6.45, 7) is 11.0. The summed E-state index contributed by atoms with van der Waals surface area (Å²) in [4.78, 5) is 2.81. The van der Waals surface area contributed by atoms with Crippen molar-refractivity contribution in [3.63, 3.8) is 0 Å². The second-order valence-electron chi connectivity index (χ2n) is 9.91. The van der Waals surface area contributed by atoms with E-state index in [9.17, 15) is 0 Å². The second kappa shape index (κ2) is 27.0. The zero-order valence-corrected chi connectivity index (χ0v) is 21.8. The summed E-state index contributed by atoms with van der Waals surface area (Å²) in [5.74, 6) is 0. The van der Waals surface area contributed by atoms with Crippen molar-refractivity contribution in [2.24, 2.45) is 0 Å². The molecule has 0 saturated carbocycles. The van der Waals surface area contributed by atoms with E-state index in [1.165, 1.54) is 167 Å². The van der Waals surface area contributed by atoms with E-state index in [2.05, 4.69) is 25.7 Å². The predicted octanol–water partition coefficient (Wildman–Crippen LogP) is 10.3. The Balaban J connectivity index is 3.75. The molecule has 182 valence electrons. The van der Waals surface area contributed by atoms with Crippen LogP contribution in [-0.2, 0) is 0 Å². The van der Waals surface area contributed by atoms with Gasteiger partial charge >= 0.3 is 0 Å². The van der Waals surface area contributed by atoms with Crippen LogP contribution in [0.4, 0.5) is 0 Å². The molecule has 0 aromatic carbocycles. The maximum atomic E-state index is 2.81. The topological polar surface area (TPSA) is 3.24 Å². The summed E-state index contributed by atoms with van der Waals surface area (Å²) < 4.78 is 0. The van der Waals surface area contributed by atoms with Gasteiger partial charge in [-0.05, 0) is 38.9 Å². The smallest absolute Gasteiger partial charge is 0.00187 e. The molecule has 1 heteroatoms. The largest absolute Gasteiger partial charge is 0.303 e. The van der Waals surface area contributed by atoms with E-state index in [0.717, 1.165) is 0 Å². The predicted molar refractivity (Wildman–Crippen MR) is 140 cm³/mol. The van der Waals surface area contributed by atoms with Gasteiger partial charge in [0.15, 0.2) is 0 Å². The van der Waals surface area contributed by atoms with E-state index in [1.54, 1.807) is 0 Å². The van der Waals surface area contributed by atoms with Gasteiger partial charge in [0.25, 0.3) is 0 Å². The van der Waals surface area contributed by atoms with Crippen LogP contribution < -0.4 is 0 Å². The van der Waals surface area contributed by atoms with E-state index < -0.39 is 0 Å². The van der Waals surface area contributed by atoms with Crippen LogP contribution in [0.5, 0.6) is 0 Å². The zero-order chi connectivity index (χ0) is 22.0. The first-order chi connectivity index (χ1) is 14.8. The molecule has 0 aliphatic heterocycles. The fourth-order valence-electron chi connectivity index (χ4n) is 4.57. The number of nitrogens with zero attached hydrogens (tertiary/aromatic N) is 1. The molecule has 0 unspecified atom stereocenters. The Morgan fingerprint density at radius 3 is 0.700 bits per heavy atom. The third kappa shape index (κ3) is 24.2. The number of unbranched alkanes of at least 4 members (excludes halogenated alkanes) is 20. The molecule has 0 fully saturated rings. The Kier molecular flexibility index (Phi) is 27.0. The van der Waals surface area contributed by atoms with Crippen molar-refractivity contribution >= 4 is 0 Å². The molecule has 0 rings (SSSR count). The highest BCUT2D eigenvalue weighted by atomic mass is 15.1. The molecular formula is C29H61N. The Labute approximate surface area is 193 Å². The highest BCUT2D eigenvalue weighted by Crippen LogP contribution is 2.13. The van der Waals surface area contributed by atoms with Crippen LogP contribution in [0, 0.1) is 0 Å². The monoisotopic (exact) mass is 423 g/mol. The maximum Gasteiger partial charge on any atom is -0.00187 e. The third-order valence-corrected chi connectivity index (χ3v) is 6.73. The first kappa shape index (κ1) is 30.0. The zero-order valence-electron chi connectivity index (χ0n) is 21.8. The van der Waals surface area contributed by atoms with E-state index in [1.807, 2.05) is 0 Å². The molecule has 0 aliphatic carbocycles. The quantitative estimate of drug-likeness (QED) is 0.125. The molecular weight excluding hydrogens is 362 g/mol. The van der Waals surface area contributed by atoms with E-state index in [4.69, 9.17) is 0 Å². The van der Waals surface area contributed by atoms with Gasteiger partial charge in [0, 0.05) is 0 Å². The fraction of sp³-hybridized carbons (Fsp3) is 1.00. The van der Waals surface area contributed by atoms with Crippen LogP contribution in [0.15, 0.2) is 0 Å². The Morgan fingerprint density at radius 1 is 0.267 bits per heavy atom. The van der Waals surface area contributed by atoms with Crippen molar-refractivity contribution in [2.75, 3.05) is 19.6 Å². The molecule has 0 saturated heterocycles. The van der Waals surface area contributed by atoms with Gasteiger partial charge in [0.05, 0.1) is 0 Å². The Hall–Kier alpha value is -0.0400. The molecule has 0 N–H and O–H groups in total. The Bertz CT molecular complexity index is 266. The van der Waals surface area contributed by atoms with Crippen LogP contribution >= 0.6 is 0 Å². The molecule has 0 atom stereocenters. The van der Waals surface area contributed by atoms with Crippen LogP contribution in [-0.4, -0.2) is 24.5 Å². The van der Waals surface area contributed by atoms with Crippen LogP contribution in [0.2, 0.25) is 0 Å². The first-order valence-corrected chi connectivity index (χ1v) is 14.6. The number of rotatable bonds is 26. The van der Waals surface area contributed by atoms with E-state index >= 15 is 0 Å². The van der Waals surface area contributed by atoms with Crippen LogP contribution in [0.3, 0.4) is 0 Å². The maximum absolute atomic E-state index is 2.81. The lowest BCUT2D eigenvalue weighted by Crippen LogP contribution is -2.27.